The standard InChI is InChI=1S/C16H25NO2/c1-3-10-17-16(12-18)9-8-15(11-16)19-14-6-4-13(2)5-7-14/h4-7,15,17-18H,3,8-12H2,1-2H3. The van der Waals surface area contributed by atoms with Crippen LogP contribution < -0.4 is 10.1 Å². The number of hydrogen-bond acceptors (Lipinski definition) is 3. The lowest BCUT2D eigenvalue weighted by Crippen LogP contribution is -2.47. The molecule has 0 radical (unpaired) electrons. The maximum absolute atomic E-state index is 9.65. The lowest BCUT2D eigenvalue weighted by Gasteiger charge is -2.28. The van der Waals surface area contributed by atoms with Crippen LogP contribution >= 0.6 is 0 Å². The summed E-state index contributed by atoms with van der Waals surface area (Å²) in [7, 11) is 0. The summed E-state index contributed by atoms with van der Waals surface area (Å²) < 4.78 is 6.02. The predicted octanol–water partition coefficient (Wildman–Crippen LogP) is 2.66. The quantitative estimate of drug-likeness (QED) is 0.829. The monoisotopic (exact) mass is 263 g/mol. The zero-order valence-electron chi connectivity index (χ0n) is 12.0. The van der Waals surface area contributed by atoms with Gasteiger partial charge in [-0.1, -0.05) is 24.6 Å². The van der Waals surface area contributed by atoms with Gasteiger partial charge in [0, 0.05) is 12.0 Å². The molecule has 0 saturated heterocycles. The van der Waals surface area contributed by atoms with E-state index in [-0.39, 0.29) is 18.2 Å². The van der Waals surface area contributed by atoms with E-state index in [9.17, 15) is 5.11 Å². The van der Waals surface area contributed by atoms with Crippen LogP contribution in [0.3, 0.4) is 0 Å². The molecule has 0 heterocycles. The molecule has 1 aliphatic rings. The predicted molar refractivity (Wildman–Crippen MR) is 77.6 cm³/mol. The van der Waals surface area contributed by atoms with Crippen molar-refractivity contribution in [1.82, 2.24) is 5.32 Å². The van der Waals surface area contributed by atoms with Crippen LogP contribution in [-0.4, -0.2) is 29.9 Å². The second-order valence-corrected chi connectivity index (χ2v) is 5.66. The third-order valence-electron chi connectivity index (χ3n) is 3.94. The maximum Gasteiger partial charge on any atom is 0.119 e. The molecule has 1 fully saturated rings. The lowest BCUT2D eigenvalue weighted by molar-refractivity contribution is 0.140. The van der Waals surface area contributed by atoms with Gasteiger partial charge in [-0.05, 0) is 44.9 Å². The Hall–Kier alpha value is -1.06. The highest BCUT2D eigenvalue weighted by Gasteiger charge is 2.39. The van der Waals surface area contributed by atoms with E-state index in [1.165, 1.54) is 5.56 Å². The maximum atomic E-state index is 9.65. The molecule has 0 bridgehead atoms. The van der Waals surface area contributed by atoms with Crippen molar-refractivity contribution in [2.75, 3.05) is 13.2 Å². The van der Waals surface area contributed by atoms with Gasteiger partial charge in [0.1, 0.15) is 11.9 Å². The smallest absolute Gasteiger partial charge is 0.119 e. The highest BCUT2D eigenvalue weighted by Crippen LogP contribution is 2.32. The van der Waals surface area contributed by atoms with Crippen molar-refractivity contribution in [3.05, 3.63) is 29.8 Å². The first-order valence-corrected chi connectivity index (χ1v) is 7.27. The molecule has 1 aromatic carbocycles. The van der Waals surface area contributed by atoms with E-state index < -0.39 is 0 Å². The van der Waals surface area contributed by atoms with Gasteiger partial charge < -0.3 is 15.2 Å². The van der Waals surface area contributed by atoms with Gasteiger partial charge in [0.15, 0.2) is 0 Å². The molecule has 19 heavy (non-hydrogen) atoms. The number of aliphatic hydroxyl groups is 1. The molecule has 3 nitrogen and oxygen atoms in total. The summed E-state index contributed by atoms with van der Waals surface area (Å²) in [4.78, 5) is 0. The minimum Gasteiger partial charge on any atom is -0.490 e. The summed E-state index contributed by atoms with van der Waals surface area (Å²) in [6.45, 7) is 5.37. The van der Waals surface area contributed by atoms with E-state index in [0.29, 0.717) is 0 Å². The Kier molecular flexibility index (Phi) is 4.83. The Balaban J connectivity index is 1.91. The van der Waals surface area contributed by atoms with E-state index >= 15 is 0 Å². The highest BCUT2D eigenvalue weighted by atomic mass is 16.5. The minimum atomic E-state index is -0.134. The molecule has 2 unspecified atom stereocenters. The molecule has 1 aromatic rings. The molecular formula is C16H25NO2. The zero-order chi connectivity index (χ0) is 13.7. The Morgan fingerprint density at radius 1 is 1.37 bits per heavy atom. The number of ether oxygens (including phenoxy) is 1. The van der Waals surface area contributed by atoms with Gasteiger partial charge in [-0.3, -0.25) is 0 Å². The van der Waals surface area contributed by atoms with Crippen molar-refractivity contribution in [1.29, 1.82) is 0 Å². The molecule has 2 N–H and O–H groups in total. The summed E-state index contributed by atoms with van der Waals surface area (Å²) >= 11 is 0. The van der Waals surface area contributed by atoms with Gasteiger partial charge >= 0.3 is 0 Å². The average molecular weight is 263 g/mol. The zero-order valence-corrected chi connectivity index (χ0v) is 12.0. The first-order valence-electron chi connectivity index (χ1n) is 7.27. The third kappa shape index (κ3) is 3.71. The number of nitrogens with one attached hydrogen (secondary N) is 1. The van der Waals surface area contributed by atoms with Gasteiger partial charge in [0.2, 0.25) is 0 Å². The van der Waals surface area contributed by atoms with Crippen molar-refractivity contribution in [2.45, 2.75) is 51.2 Å². The largest absolute Gasteiger partial charge is 0.490 e. The second kappa shape index (κ2) is 6.40. The number of rotatable bonds is 6. The topological polar surface area (TPSA) is 41.5 Å². The highest BCUT2D eigenvalue weighted by molar-refractivity contribution is 5.26. The van der Waals surface area contributed by atoms with Crippen LogP contribution in [0.15, 0.2) is 24.3 Å². The van der Waals surface area contributed by atoms with Crippen molar-refractivity contribution < 1.29 is 9.84 Å². The fourth-order valence-electron chi connectivity index (χ4n) is 2.74. The molecule has 2 atom stereocenters. The van der Waals surface area contributed by atoms with E-state index in [4.69, 9.17) is 4.74 Å². The summed E-state index contributed by atoms with van der Waals surface area (Å²) in [6, 6.07) is 8.18. The van der Waals surface area contributed by atoms with Crippen molar-refractivity contribution >= 4 is 0 Å². The Morgan fingerprint density at radius 3 is 2.74 bits per heavy atom. The molecule has 2 rings (SSSR count). The number of hydrogen-bond donors (Lipinski definition) is 2. The van der Waals surface area contributed by atoms with Crippen LogP contribution in [0.25, 0.3) is 0 Å². The van der Waals surface area contributed by atoms with Gasteiger partial charge in [-0.15, -0.1) is 0 Å². The molecular weight excluding hydrogens is 238 g/mol. The van der Waals surface area contributed by atoms with Crippen LogP contribution in [0, 0.1) is 6.92 Å². The SMILES string of the molecule is CCCNC1(CO)CCC(Oc2ccc(C)cc2)C1. The third-order valence-corrected chi connectivity index (χ3v) is 3.94. The molecule has 106 valence electrons. The molecule has 0 amide bonds. The van der Waals surface area contributed by atoms with E-state index in [1.807, 2.05) is 12.1 Å². The second-order valence-electron chi connectivity index (χ2n) is 5.66. The summed E-state index contributed by atoms with van der Waals surface area (Å²) in [6.07, 6.45) is 4.17. The summed E-state index contributed by atoms with van der Waals surface area (Å²) in [5.41, 5.74) is 1.11. The van der Waals surface area contributed by atoms with Gasteiger partial charge in [0.25, 0.3) is 0 Å². The van der Waals surface area contributed by atoms with E-state index in [0.717, 1.165) is 38.0 Å². The fourth-order valence-corrected chi connectivity index (χ4v) is 2.74. The van der Waals surface area contributed by atoms with Crippen LogP contribution in [0.4, 0.5) is 0 Å². The Labute approximate surface area is 116 Å². The molecule has 0 aliphatic heterocycles. The van der Waals surface area contributed by atoms with Crippen LogP contribution in [-0.2, 0) is 0 Å². The Bertz CT molecular complexity index is 390. The molecule has 0 spiro atoms. The summed E-state index contributed by atoms with van der Waals surface area (Å²) in [5, 5.41) is 13.1. The van der Waals surface area contributed by atoms with E-state index in [1.54, 1.807) is 0 Å². The molecule has 0 aromatic heterocycles. The molecule has 1 saturated carbocycles. The fraction of sp³-hybridized carbons (Fsp3) is 0.625. The van der Waals surface area contributed by atoms with Gasteiger partial charge in [-0.25, -0.2) is 0 Å². The minimum absolute atomic E-state index is 0.134. The summed E-state index contributed by atoms with van der Waals surface area (Å²) in [5.74, 6) is 0.930. The first-order chi connectivity index (χ1) is 9.17. The van der Waals surface area contributed by atoms with Crippen LogP contribution in [0.2, 0.25) is 0 Å². The van der Waals surface area contributed by atoms with E-state index in [2.05, 4.69) is 31.3 Å². The number of benzene rings is 1. The number of aryl methyl sites for hydroxylation is 1. The van der Waals surface area contributed by atoms with Crippen LogP contribution in [0.1, 0.15) is 38.2 Å². The first kappa shape index (κ1) is 14.4. The average Bonchev–Trinajstić information content (AvgIpc) is 2.83. The van der Waals surface area contributed by atoms with Crippen LogP contribution in [0.5, 0.6) is 5.75 Å². The number of aliphatic hydroxyl groups excluding tert-OH is 1. The van der Waals surface area contributed by atoms with Crippen molar-refractivity contribution in [2.24, 2.45) is 0 Å². The van der Waals surface area contributed by atoms with Crippen molar-refractivity contribution in [3.8, 4) is 5.75 Å². The Morgan fingerprint density at radius 2 is 2.11 bits per heavy atom. The van der Waals surface area contributed by atoms with Crippen molar-refractivity contribution in [3.63, 3.8) is 0 Å². The van der Waals surface area contributed by atoms with Gasteiger partial charge in [-0.2, -0.15) is 0 Å². The molecule has 3 heteroatoms. The lowest BCUT2D eigenvalue weighted by atomic mass is 9.98. The normalized spacial score (nSPS) is 26.6. The molecule has 1 aliphatic carbocycles. The van der Waals surface area contributed by atoms with Gasteiger partial charge in [0.05, 0.1) is 6.61 Å².